The fraction of sp³-hybridized carbons (Fsp3) is 0.286. The first-order valence-corrected chi connectivity index (χ1v) is 9.37. The summed E-state index contributed by atoms with van der Waals surface area (Å²) in [7, 11) is 1.40. The molecule has 2 aliphatic heterocycles. The van der Waals surface area contributed by atoms with Crippen LogP contribution >= 0.6 is 0 Å². The van der Waals surface area contributed by atoms with Gasteiger partial charge in [0.25, 0.3) is 5.91 Å². The third-order valence-corrected chi connectivity index (χ3v) is 5.26. The zero-order chi connectivity index (χ0) is 21.4. The van der Waals surface area contributed by atoms with Crippen LogP contribution < -0.4 is 10.6 Å². The van der Waals surface area contributed by atoms with E-state index in [-0.39, 0.29) is 48.6 Å². The molecule has 0 bridgehead atoms. The Balaban J connectivity index is 1.64. The second-order valence-corrected chi connectivity index (χ2v) is 7.28. The molecule has 2 atom stereocenters. The molecule has 2 aromatic carbocycles. The number of amides is 3. The molecule has 1 saturated heterocycles. The van der Waals surface area contributed by atoms with Gasteiger partial charge in [-0.3, -0.25) is 14.4 Å². The first kappa shape index (κ1) is 20.0. The summed E-state index contributed by atoms with van der Waals surface area (Å²) in [6.45, 7) is 0.0533. The van der Waals surface area contributed by atoms with E-state index in [1.165, 1.54) is 30.2 Å². The van der Waals surface area contributed by atoms with Crippen LogP contribution in [0.3, 0.4) is 0 Å². The van der Waals surface area contributed by atoms with E-state index < -0.39 is 23.6 Å². The number of nitrogens with one attached hydrogen (secondary N) is 2. The lowest BCUT2D eigenvalue weighted by molar-refractivity contribution is -0.125. The second-order valence-electron chi connectivity index (χ2n) is 7.28. The first-order valence-electron chi connectivity index (χ1n) is 9.37. The fourth-order valence-electron chi connectivity index (χ4n) is 3.91. The molecule has 0 radical (unpaired) electrons. The Kier molecular flexibility index (Phi) is 5.21. The highest BCUT2D eigenvalue weighted by molar-refractivity contribution is 6.10. The van der Waals surface area contributed by atoms with Gasteiger partial charge in [0.2, 0.25) is 11.8 Å². The van der Waals surface area contributed by atoms with Crippen LogP contribution in [0, 0.1) is 11.6 Å². The maximum absolute atomic E-state index is 14.2. The van der Waals surface area contributed by atoms with Crippen LogP contribution in [0.4, 0.5) is 14.5 Å². The maximum atomic E-state index is 14.2. The van der Waals surface area contributed by atoms with Crippen molar-refractivity contribution in [2.75, 3.05) is 25.6 Å². The summed E-state index contributed by atoms with van der Waals surface area (Å²) in [6.07, 6.45) is 0.278. The number of halogens is 2. The topological polar surface area (TPSA) is 87.7 Å². The number of carbonyl (C=O) groups is 3. The minimum atomic E-state index is -0.750. The number of nitrogens with zero attached hydrogens (tertiary/aromatic N) is 1. The molecule has 2 heterocycles. The van der Waals surface area contributed by atoms with Crippen molar-refractivity contribution in [2.45, 2.75) is 18.5 Å². The Morgan fingerprint density at radius 1 is 1.20 bits per heavy atom. The smallest absolute Gasteiger partial charge is 0.256 e. The van der Waals surface area contributed by atoms with Gasteiger partial charge in [0.05, 0.1) is 11.3 Å². The molecule has 2 N–H and O–H groups in total. The number of ether oxygens (including phenoxy) is 1. The average Bonchev–Trinajstić information content (AvgIpc) is 3.08. The molecule has 0 aromatic heterocycles. The maximum Gasteiger partial charge on any atom is 0.256 e. The number of anilines is 1. The summed E-state index contributed by atoms with van der Waals surface area (Å²) in [6, 6.07) is 6.66. The van der Waals surface area contributed by atoms with E-state index in [1.807, 2.05) is 0 Å². The molecule has 1 fully saturated rings. The lowest BCUT2D eigenvalue weighted by Crippen LogP contribution is -2.41. The Labute approximate surface area is 171 Å². The van der Waals surface area contributed by atoms with Gasteiger partial charge in [-0.1, -0.05) is 6.07 Å². The van der Waals surface area contributed by atoms with Gasteiger partial charge >= 0.3 is 0 Å². The van der Waals surface area contributed by atoms with E-state index in [0.29, 0.717) is 11.3 Å². The van der Waals surface area contributed by atoms with Crippen molar-refractivity contribution in [3.63, 3.8) is 0 Å². The largest absolute Gasteiger partial charge is 0.375 e. The molecular formula is C21H19F2N3O4. The summed E-state index contributed by atoms with van der Waals surface area (Å²) < 4.78 is 32.2. The molecule has 0 saturated carbocycles. The van der Waals surface area contributed by atoms with Gasteiger partial charge in [-0.2, -0.15) is 0 Å². The lowest BCUT2D eigenvalue weighted by atomic mass is 10.0. The molecule has 7 nitrogen and oxygen atoms in total. The van der Waals surface area contributed by atoms with E-state index in [1.54, 1.807) is 6.07 Å². The summed E-state index contributed by atoms with van der Waals surface area (Å²) in [5.74, 6) is -2.54. The van der Waals surface area contributed by atoms with E-state index in [4.69, 9.17) is 4.74 Å². The van der Waals surface area contributed by atoms with Crippen LogP contribution in [-0.2, 0) is 14.3 Å². The minimum Gasteiger partial charge on any atom is -0.375 e. The molecule has 0 unspecified atom stereocenters. The predicted octanol–water partition coefficient (Wildman–Crippen LogP) is 1.93. The molecule has 9 heteroatoms. The Morgan fingerprint density at radius 2 is 2.00 bits per heavy atom. The van der Waals surface area contributed by atoms with Gasteiger partial charge in [-0.25, -0.2) is 8.78 Å². The van der Waals surface area contributed by atoms with Crippen molar-refractivity contribution in [2.24, 2.45) is 0 Å². The highest BCUT2D eigenvalue weighted by Gasteiger charge is 2.43. The zero-order valence-corrected chi connectivity index (χ0v) is 16.1. The van der Waals surface area contributed by atoms with Gasteiger partial charge in [-0.05, 0) is 36.2 Å². The van der Waals surface area contributed by atoms with Gasteiger partial charge in [0.1, 0.15) is 24.3 Å². The van der Waals surface area contributed by atoms with Crippen molar-refractivity contribution < 1.29 is 27.9 Å². The zero-order valence-electron chi connectivity index (χ0n) is 16.1. The number of methoxy groups -OCH3 is 1. The normalized spacial score (nSPS) is 20.3. The van der Waals surface area contributed by atoms with Gasteiger partial charge in [-0.15, -0.1) is 0 Å². The molecule has 4 rings (SSSR count). The second kappa shape index (κ2) is 7.83. The summed E-state index contributed by atoms with van der Waals surface area (Å²) in [5, 5.41) is 5.48. The highest BCUT2D eigenvalue weighted by Crippen LogP contribution is 2.33. The SMILES string of the molecule is COCC(=O)N[C@H]1C[C@H]2C(=O)Nc3ccc(-c4ccc(F)cc4F)cc3C(=O)N2C1. The first-order chi connectivity index (χ1) is 14.4. The quantitative estimate of drug-likeness (QED) is 0.799. The van der Waals surface area contributed by atoms with Crippen molar-refractivity contribution in [3.05, 3.63) is 53.6 Å². The molecule has 3 amide bonds. The summed E-state index contributed by atoms with van der Waals surface area (Å²) >= 11 is 0. The van der Waals surface area contributed by atoms with E-state index in [9.17, 15) is 23.2 Å². The highest BCUT2D eigenvalue weighted by atomic mass is 19.1. The molecule has 2 aliphatic rings. The van der Waals surface area contributed by atoms with Gasteiger partial charge in [0, 0.05) is 31.3 Å². The third kappa shape index (κ3) is 3.63. The number of benzene rings is 2. The van der Waals surface area contributed by atoms with Crippen LogP contribution in [-0.4, -0.2) is 55.0 Å². The molecule has 0 spiro atoms. The average molecular weight is 415 g/mol. The molecule has 0 aliphatic carbocycles. The summed E-state index contributed by atoms with van der Waals surface area (Å²) in [5.41, 5.74) is 1.06. The van der Waals surface area contributed by atoms with E-state index >= 15 is 0 Å². The number of hydrogen-bond donors (Lipinski definition) is 2. The van der Waals surface area contributed by atoms with Crippen LogP contribution in [0.2, 0.25) is 0 Å². The lowest BCUT2D eigenvalue weighted by Gasteiger charge is -2.20. The third-order valence-electron chi connectivity index (χ3n) is 5.26. The van der Waals surface area contributed by atoms with Crippen molar-refractivity contribution in [3.8, 4) is 11.1 Å². The Morgan fingerprint density at radius 3 is 2.73 bits per heavy atom. The van der Waals surface area contributed by atoms with E-state index in [2.05, 4.69) is 10.6 Å². The van der Waals surface area contributed by atoms with Crippen molar-refractivity contribution in [1.82, 2.24) is 10.2 Å². The van der Waals surface area contributed by atoms with Gasteiger partial charge in [0.15, 0.2) is 0 Å². The van der Waals surface area contributed by atoms with Gasteiger partial charge < -0.3 is 20.3 Å². The van der Waals surface area contributed by atoms with E-state index in [0.717, 1.165) is 12.1 Å². The molecule has 30 heavy (non-hydrogen) atoms. The minimum absolute atomic E-state index is 0.114. The standard InChI is InChI=1S/C21H19F2N3O4/c1-30-10-19(27)24-13-8-18-20(28)25-17-5-2-11(6-15(17)21(29)26(18)9-13)14-4-3-12(22)7-16(14)23/h2-7,13,18H,8-10H2,1H3,(H,24,27)(H,25,28)/t13-,18-/m0/s1. The number of carbonyl (C=O) groups excluding carboxylic acids is 3. The van der Waals surface area contributed by atoms with Crippen LogP contribution in [0.15, 0.2) is 36.4 Å². The Bertz CT molecular complexity index is 1040. The predicted molar refractivity (Wildman–Crippen MR) is 104 cm³/mol. The fourth-order valence-corrected chi connectivity index (χ4v) is 3.91. The van der Waals surface area contributed by atoms with Crippen LogP contribution in [0.5, 0.6) is 0 Å². The molecule has 156 valence electrons. The van der Waals surface area contributed by atoms with Crippen LogP contribution in [0.1, 0.15) is 16.8 Å². The summed E-state index contributed by atoms with van der Waals surface area (Å²) in [4.78, 5) is 39.0. The Hall–Kier alpha value is -3.33. The van der Waals surface area contributed by atoms with Crippen molar-refractivity contribution >= 4 is 23.4 Å². The number of rotatable bonds is 4. The molecule has 2 aromatic rings. The van der Waals surface area contributed by atoms with Crippen molar-refractivity contribution in [1.29, 1.82) is 0 Å². The number of hydrogen-bond acceptors (Lipinski definition) is 4. The monoisotopic (exact) mass is 415 g/mol. The van der Waals surface area contributed by atoms with Crippen LogP contribution in [0.25, 0.3) is 11.1 Å². The number of fused-ring (bicyclic) bond motifs is 2. The molecular weight excluding hydrogens is 396 g/mol.